The largest absolute Gasteiger partial charge is 0.481 e. The van der Waals surface area contributed by atoms with E-state index in [2.05, 4.69) is 14.7 Å². The summed E-state index contributed by atoms with van der Waals surface area (Å²) in [5.74, 6) is -2.34. The highest BCUT2D eigenvalue weighted by molar-refractivity contribution is 5.66. The SMILES string of the molecule is O=C(O)CCN1CCN(C2CCN(c3ccc(F)c(F)c3)CC2)CC1. The molecule has 1 N–H and O–H groups in total. The molecule has 1 aromatic carbocycles. The molecule has 2 aliphatic rings. The van der Waals surface area contributed by atoms with Crippen molar-refractivity contribution >= 4 is 11.7 Å². The number of halogens is 2. The topological polar surface area (TPSA) is 47.0 Å². The molecule has 7 heteroatoms. The van der Waals surface area contributed by atoms with Crippen molar-refractivity contribution in [3.63, 3.8) is 0 Å². The lowest BCUT2D eigenvalue weighted by Crippen LogP contribution is -2.53. The number of rotatable bonds is 5. The Labute approximate surface area is 146 Å². The van der Waals surface area contributed by atoms with E-state index in [0.29, 0.717) is 12.6 Å². The number of carboxylic acid groups (broad SMARTS) is 1. The third kappa shape index (κ3) is 4.67. The number of benzene rings is 1. The lowest BCUT2D eigenvalue weighted by Gasteiger charge is -2.43. The summed E-state index contributed by atoms with van der Waals surface area (Å²) in [6.07, 6.45) is 2.22. The zero-order chi connectivity index (χ0) is 17.8. The monoisotopic (exact) mass is 353 g/mol. The van der Waals surface area contributed by atoms with Crippen molar-refractivity contribution in [2.75, 3.05) is 50.7 Å². The predicted octanol–water partition coefficient (Wildman–Crippen LogP) is 2.03. The van der Waals surface area contributed by atoms with Crippen LogP contribution >= 0.6 is 0 Å². The third-order valence-electron chi connectivity index (χ3n) is 5.30. The minimum absolute atomic E-state index is 0.201. The van der Waals surface area contributed by atoms with Gasteiger partial charge in [-0.25, -0.2) is 8.78 Å². The first-order valence-electron chi connectivity index (χ1n) is 8.91. The van der Waals surface area contributed by atoms with Crippen molar-refractivity contribution in [2.24, 2.45) is 0 Å². The minimum Gasteiger partial charge on any atom is -0.481 e. The van der Waals surface area contributed by atoms with Crippen molar-refractivity contribution in [2.45, 2.75) is 25.3 Å². The van der Waals surface area contributed by atoms with Crippen molar-refractivity contribution in [3.05, 3.63) is 29.8 Å². The third-order valence-corrected chi connectivity index (χ3v) is 5.30. The van der Waals surface area contributed by atoms with Gasteiger partial charge in [0.05, 0.1) is 6.42 Å². The van der Waals surface area contributed by atoms with E-state index in [1.165, 1.54) is 12.1 Å². The normalized spacial score (nSPS) is 20.8. The van der Waals surface area contributed by atoms with Crippen molar-refractivity contribution < 1.29 is 18.7 Å². The van der Waals surface area contributed by atoms with Crippen LogP contribution in [0.25, 0.3) is 0 Å². The Hall–Kier alpha value is -1.73. The van der Waals surface area contributed by atoms with Crippen LogP contribution in [0.1, 0.15) is 19.3 Å². The molecule has 0 spiro atoms. The fourth-order valence-corrected chi connectivity index (χ4v) is 3.78. The number of aliphatic carboxylic acids is 1. The Kier molecular flexibility index (Phi) is 5.86. The molecule has 25 heavy (non-hydrogen) atoms. The first-order chi connectivity index (χ1) is 12.0. The zero-order valence-electron chi connectivity index (χ0n) is 14.3. The highest BCUT2D eigenvalue weighted by Crippen LogP contribution is 2.24. The highest BCUT2D eigenvalue weighted by atomic mass is 19.2. The van der Waals surface area contributed by atoms with Gasteiger partial charge in [-0.15, -0.1) is 0 Å². The Morgan fingerprint density at radius 2 is 1.72 bits per heavy atom. The summed E-state index contributed by atoms with van der Waals surface area (Å²) in [7, 11) is 0. The Balaban J connectivity index is 1.45. The number of piperazine rings is 1. The maximum absolute atomic E-state index is 13.4. The quantitative estimate of drug-likeness (QED) is 0.878. The predicted molar refractivity (Wildman–Crippen MR) is 91.9 cm³/mol. The first kappa shape index (κ1) is 18.1. The van der Waals surface area contributed by atoms with E-state index in [0.717, 1.165) is 57.8 Å². The molecule has 0 atom stereocenters. The number of anilines is 1. The zero-order valence-corrected chi connectivity index (χ0v) is 14.3. The molecule has 1 aromatic rings. The number of carbonyl (C=O) groups is 1. The second kappa shape index (κ2) is 8.10. The molecule has 5 nitrogen and oxygen atoms in total. The van der Waals surface area contributed by atoms with Crippen LogP contribution in [-0.2, 0) is 4.79 Å². The number of hydrogen-bond acceptors (Lipinski definition) is 4. The van der Waals surface area contributed by atoms with Gasteiger partial charge in [0.2, 0.25) is 0 Å². The van der Waals surface area contributed by atoms with Crippen LogP contribution < -0.4 is 4.90 Å². The lowest BCUT2D eigenvalue weighted by molar-refractivity contribution is -0.137. The van der Waals surface area contributed by atoms with Gasteiger partial charge in [0.25, 0.3) is 0 Å². The van der Waals surface area contributed by atoms with Crippen molar-refractivity contribution in [3.8, 4) is 0 Å². The second-order valence-electron chi connectivity index (χ2n) is 6.84. The molecule has 138 valence electrons. The summed E-state index contributed by atoms with van der Waals surface area (Å²) in [6, 6.07) is 4.62. The summed E-state index contributed by atoms with van der Waals surface area (Å²) in [6.45, 7) is 6.07. The summed E-state index contributed by atoms with van der Waals surface area (Å²) in [4.78, 5) is 17.5. The van der Waals surface area contributed by atoms with Gasteiger partial charge in [-0.2, -0.15) is 0 Å². The van der Waals surface area contributed by atoms with Gasteiger partial charge >= 0.3 is 5.97 Å². The minimum atomic E-state index is -0.806. The molecule has 2 heterocycles. The molecule has 2 saturated heterocycles. The van der Waals surface area contributed by atoms with Gasteiger partial charge in [0.15, 0.2) is 11.6 Å². The average Bonchev–Trinajstić information content (AvgIpc) is 2.63. The highest BCUT2D eigenvalue weighted by Gasteiger charge is 2.27. The van der Waals surface area contributed by atoms with Crippen LogP contribution in [0.3, 0.4) is 0 Å². The summed E-state index contributed by atoms with van der Waals surface area (Å²) in [5, 5.41) is 8.77. The van der Waals surface area contributed by atoms with Crippen LogP contribution in [0, 0.1) is 11.6 Å². The van der Waals surface area contributed by atoms with Gasteiger partial charge < -0.3 is 14.9 Å². The molecule has 0 radical (unpaired) electrons. The molecular formula is C18H25F2N3O2. The molecule has 0 bridgehead atoms. The van der Waals surface area contributed by atoms with Crippen LogP contribution in [0.4, 0.5) is 14.5 Å². The molecule has 0 unspecified atom stereocenters. The van der Waals surface area contributed by atoms with Crippen LogP contribution in [-0.4, -0.2) is 72.7 Å². The second-order valence-corrected chi connectivity index (χ2v) is 6.84. The molecule has 2 aliphatic heterocycles. The van der Waals surface area contributed by atoms with Gasteiger partial charge in [-0.05, 0) is 25.0 Å². The fourth-order valence-electron chi connectivity index (χ4n) is 3.78. The Morgan fingerprint density at radius 1 is 1.04 bits per heavy atom. The number of nitrogens with zero attached hydrogens (tertiary/aromatic N) is 3. The van der Waals surface area contributed by atoms with Gasteiger partial charge in [0, 0.05) is 63.6 Å². The Morgan fingerprint density at radius 3 is 2.32 bits per heavy atom. The fraction of sp³-hybridized carbons (Fsp3) is 0.611. The summed E-state index contributed by atoms with van der Waals surface area (Å²) in [5.41, 5.74) is 0.746. The van der Waals surface area contributed by atoms with E-state index in [1.54, 1.807) is 6.07 Å². The molecule has 0 aromatic heterocycles. The summed E-state index contributed by atoms with van der Waals surface area (Å²) >= 11 is 0. The maximum Gasteiger partial charge on any atom is 0.304 e. The molecule has 0 saturated carbocycles. The van der Waals surface area contributed by atoms with Gasteiger partial charge in [0.1, 0.15) is 0 Å². The van der Waals surface area contributed by atoms with Crippen molar-refractivity contribution in [1.29, 1.82) is 0 Å². The van der Waals surface area contributed by atoms with Gasteiger partial charge in [-0.3, -0.25) is 9.69 Å². The van der Waals surface area contributed by atoms with E-state index in [-0.39, 0.29) is 6.42 Å². The number of carboxylic acids is 1. The molecule has 0 amide bonds. The summed E-state index contributed by atoms with van der Waals surface area (Å²) < 4.78 is 26.5. The lowest BCUT2D eigenvalue weighted by atomic mass is 10.0. The molecular weight excluding hydrogens is 328 g/mol. The van der Waals surface area contributed by atoms with Gasteiger partial charge in [-0.1, -0.05) is 0 Å². The van der Waals surface area contributed by atoms with Crippen LogP contribution in [0.5, 0.6) is 0 Å². The standard InChI is InChI=1S/C18H25F2N3O2/c19-16-2-1-15(13-17(16)20)22-7-3-14(4-8-22)23-11-9-21(10-12-23)6-5-18(24)25/h1-2,13-14H,3-12H2,(H,24,25). The van der Waals surface area contributed by atoms with E-state index < -0.39 is 17.6 Å². The van der Waals surface area contributed by atoms with E-state index in [4.69, 9.17) is 5.11 Å². The van der Waals surface area contributed by atoms with E-state index in [9.17, 15) is 13.6 Å². The molecule has 3 rings (SSSR count). The molecule has 0 aliphatic carbocycles. The first-order valence-corrected chi connectivity index (χ1v) is 8.91. The number of hydrogen-bond donors (Lipinski definition) is 1. The van der Waals surface area contributed by atoms with Crippen molar-refractivity contribution in [1.82, 2.24) is 9.80 Å². The number of piperidine rings is 1. The van der Waals surface area contributed by atoms with Crippen LogP contribution in [0.15, 0.2) is 18.2 Å². The van der Waals surface area contributed by atoms with Crippen LogP contribution in [0.2, 0.25) is 0 Å². The Bertz CT molecular complexity index is 598. The maximum atomic E-state index is 13.4. The molecule has 2 fully saturated rings. The van der Waals surface area contributed by atoms with E-state index >= 15 is 0 Å². The van der Waals surface area contributed by atoms with E-state index in [1.807, 2.05) is 0 Å². The smallest absolute Gasteiger partial charge is 0.304 e. The average molecular weight is 353 g/mol.